The van der Waals surface area contributed by atoms with Gasteiger partial charge < -0.3 is 19.2 Å². The van der Waals surface area contributed by atoms with Gasteiger partial charge in [-0.3, -0.25) is 4.79 Å². The molecule has 0 bridgehead atoms. The third-order valence-corrected chi connectivity index (χ3v) is 4.34. The lowest BCUT2D eigenvalue weighted by atomic mass is 10.1. The van der Waals surface area contributed by atoms with E-state index in [4.69, 9.17) is 25.8 Å². The van der Waals surface area contributed by atoms with Crippen molar-refractivity contribution in [2.45, 2.75) is 26.9 Å². The summed E-state index contributed by atoms with van der Waals surface area (Å²) in [7, 11) is 2.67. The van der Waals surface area contributed by atoms with E-state index < -0.39 is 23.8 Å². The molecule has 8 heteroatoms. The van der Waals surface area contributed by atoms with E-state index in [0.717, 1.165) is 0 Å². The van der Waals surface area contributed by atoms with E-state index in [9.17, 15) is 14.4 Å². The minimum absolute atomic E-state index is 0.110. The molecule has 1 unspecified atom stereocenters. The minimum Gasteiger partial charge on any atom is -0.496 e. The van der Waals surface area contributed by atoms with Crippen LogP contribution >= 0.6 is 11.6 Å². The number of Topliss-reactive ketones (excluding diaryl/α,β-unsaturated/α-hetero) is 1. The van der Waals surface area contributed by atoms with E-state index in [0.29, 0.717) is 16.3 Å². The molecule has 1 aromatic carbocycles. The Morgan fingerprint density at radius 3 is 2.37 bits per heavy atom. The van der Waals surface area contributed by atoms with Crippen LogP contribution in [0.15, 0.2) is 18.2 Å². The largest absolute Gasteiger partial charge is 0.496 e. The summed E-state index contributed by atoms with van der Waals surface area (Å²) in [5.74, 6) is -1.48. The highest BCUT2D eigenvalue weighted by Gasteiger charge is 2.28. The Hall–Kier alpha value is -2.80. The molecule has 0 amide bonds. The SMILES string of the molecule is COC(=O)c1c(C)[nH]c(C(=O)C(C)OC(=O)c2cc(Cl)ccc2OC)c1C. The maximum absolute atomic E-state index is 12.7. The van der Waals surface area contributed by atoms with Crippen molar-refractivity contribution in [3.05, 3.63) is 51.3 Å². The van der Waals surface area contributed by atoms with Crippen molar-refractivity contribution >= 4 is 29.3 Å². The molecule has 0 fully saturated rings. The fourth-order valence-electron chi connectivity index (χ4n) is 2.73. The van der Waals surface area contributed by atoms with E-state index in [-0.39, 0.29) is 22.6 Å². The first-order valence-electron chi connectivity index (χ1n) is 8.07. The summed E-state index contributed by atoms with van der Waals surface area (Å²) >= 11 is 5.92. The summed E-state index contributed by atoms with van der Waals surface area (Å²) in [6, 6.07) is 4.51. The average molecular weight is 394 g/mol. The van der Waals surface area contributed by atoms with Gasteiger partial charge in [-0.2, -0.15) is 0 Å². The standard InChI is InChI=1S/C19H20ClNO6/c1-9-15(19(24)26-5)10(2)21-16(9)17(22)11(3)27-18(23)13-8-12(20)6-7-14(13)25-4/h6-8,11,21H,1-5H3. The lowest BCUT2D eigenvalue weighted by Gasteiger charge is -2.14. The molecule has 1 aromatic heterocycles. The average Bonchev–Trinajstić information content (AvgIpc) is 2.94. The number of ketones is 1. The van der Waals surface area contributed by atoms with Crippen LogP contribution in [0.5, 0.6) is 5.75 Å². The normalized spacial score (nSPS) is 11.6. The third kappa shape index (κ3) is 4.14. The number of ether oxygens (including phenoxy) is 3. The van der Waals surface area contributed by atoms with Crippen LogP contribution in [0, 0.1) is 13.8 Å². The molecule has 1 heterocycles. The minimum atomic E-state index is -1.09. The highest BCUT2D eigenvalue weighted by Crippen LogP contribution is 2.25. The summed E-state index contributed by atoms with van der Waals surface area (Å²) in [6.07, 6.45) is -1.09. The summed E-state index contributed by atoms with van der Waals surface area (Å²) < 4.78 is 15.1. The number of H-pyrrole nitrogens is 1. The molecule has 1 atom stereocenters. The van der Waals surface area contributed by atoms with Gasteiger partial charge in [0.05, 0.1) is 25.5 Å². The van der Waals surface area contributed by atoms with Gasteiger partial charge >= 0.3 is 11.9 Å². The Kier molecular flexibility index (Phi) is 6.28. The van der Waals surface area contributed by atoms with Crippen molar-refractivity contribution < 1.29 is 28.6 Å². The Balaban J connectivity index is 2.25. The number of esters is 2. The van der Waals surface area contributed by atoms with Crippen molar-refractivity contribution in [3.63, 3.8) is 0 Å². The van der Waals surface area contributed by atoms with Crippen LogP contribution in [0.4, 0.5) is 0 Å². The molecule has 0 aliphatic heterocycles. The molecule has 0 saturated heterocycles. The van der Waals surface area contributed by atoms with Gasteiger partial charge in [0.1, 0.15) is 11.3 Å². The van der Waals surface area contributed by atoms with Crippen molar-refractivity contribution in [2.75, 3.05) is 14.2 Å². The molecule has 7 nitrogen and oxygen atoms in total. The van der Waals surface area contributed by atoms with Crippen LogP contribution in [-0.4, -0.2) is 43.0 Å². The zero-order valence-corrected chi connectivity index (χ0v) is 16.4. The van der Waals surface area contributed by atoms with Crippen molar-refractivity contribution in [3.8, 4) is 5.75 Å². The predicted molar refractivity (Wildman–Crippen MR) is 98.8 cm³/mol. The lowest BCUT2D eigenvalue weighted by molar-refractivity contribution is 0.0314. The van der Waals surface area contributed by atoms with Gasteiger partial charge in [-0.25, -0.2) is 9.59 Å². The number of carbonyl (C=O) groups excluding carboxylic acids is 3. The van der Waals surface area contributed by atoms with Gasteiger partial charge in [0.15, 0.2) is 6.10 Å². The number of hydrogen-bond donors (Lipinski definition) is 1. The topological polar surface area (TPSA) is 94.7 Å². The second-order valence-corrected chi connectivity index (χ2v) is 6.31. The molecule has 1 N–H and O–H groups in total. The second kappa shape index (κ2) is 8.26. The first-order chi connectivity index (χ1) is 12.7. The number of aromatic amines is 1. The van der Waals surface area contributed by atoms with E-state index in [1.54, 1.807) is 19.9 Å². The Morgan fingerprint density at radius 1 is 1.11 bits per heavy atom. The van der Waals surface area contributed by atoms with Crippen LogP contribution in [0.2, 0.25) is 5.02 Å². The number of aromatic nitrogens is 1. The molecule has 0 aliphatic rings. The molecule has 2 aromatic rings. The number of rotatable bonds is 6. The summed E-state index contributed by atoms with van der Waals surface area (Å²) in [5, 5.41) is 0.334. The number of nitrogens with one attached hydrogen (secondary N) is 1. The highest BCUT2D eigenvalue weighted by molar-refractivity contribution is 6.31. The van der Waals surface area contributed by atoms with Crippen LogP contribution < -0.4 is 4.74 Å². The molecular weight excluding hydrogens is 374 g/mol. The highest BCUT2D eigenvalue weighted by atomic mass is 35.5. The van der Waals surface area contributed by atoms with Gasteiger partial charge in [-0.05, 0) is 44.5 Å². The maximum Gasteiger partial charge on any atom is 0.342 e. The van der Waals surface area contributed by atoms with Gasteiger partial charge in [0.25, 0.3) is 0 Å². The number of aryl methyl sites for hydroxylation is 1. The van der Waals surface area contributed by atoms with Crippen molar-refractivity contribution in [1.29, 1.82) is 0 Å². The smallest absolute Gasteiger partial charge is 0.342 e. The van der Waals surface area contributed by atoms with Crippen LogP contribution in [0.1, 0.15) is 49.4 Å². The number of benzene rings is 1. The van der Waals surface area contributed by atoms with E-state index in [2.05, 4.69) is 4.98 Å². The fourth-order valence-corrected chi connectivity index (χ4v) is 2.90. The molecule has 144 valence electrons. The van der Waals surface area contributed by atoms with E-state index in [1.807, 2.05) is 0 Å². The van der Waals surface area contributed by atoms with Crippen molar-refractivity contribution in [2.24, 2.45) is 0 Å². The molecule has 0 spiro atoms. The summed E-state index contributed by atoms with van der Waals surface area (Å²) in [6.45, 7) is 4.73. The molecule has 27 heavy (non-hydrogen) atoms. The number of hydrogen-bond acceptors (Lipinski definition) is 6. The maximum atomic E-state index is 12.7. The fraction of sp³-hybridized carbons (Fsp3) is 0.316. The zero-order valence-electron chi connectivity index (χ0n) is 15.6. The first-order valence-corrected chi connectivity index (χ1v) is 8.45. The molecule has 2 rings (SSSR count). The van der Waals surface area contributed by atoms with Crippen LogP contribution in [0.3, 0.4) is 0 Å². The van der Waals surface area contributed by atoms with Crippen LogP contribution in [-0.2, 0) is 9.47 Å². The molecule has 0 aliphatic carbocycles. The quantitative estimate of drug-likeness (QED) is 0.596. The van der Waals surface area contributed by atoms with Gasteiger partial charge in [-0.15, -0.1) is 0 Å². The Morgan fingerprint density at radius 2 is 1.78 bits per heavy atom. The van der Waals surface area contributed by atoms with E-state index >= 15 is 0 Å². The number of carbonyl (C=O) groups is 3. The van der Waals surface area contributed by atoms with Gasteiger partial charge in [0, 0.05) is 10.7 Å². The molecule has 0 saturated carbocycles. The summed E-state index contributed by atoms with van der Waals surface area (Å²) in [4.78, 5) is 39.9. The zero-order chi connectivity index (χ0) is 20.3. The second-order valence-electron chi connectivity index (χ2n) is 5.87. The molecule has 0 radical (unpaired) electrons. The summed E-state index contributed by atoms with van der Waals surface area (Å²) in [5.41, 5.74) is 1.52. The lowest BCUT2D eigenvalue weighted by Crippen LogP contribution is -2.25. The molecular formula is C19H20ClNO6. The van der Waals surface area contributed by atoms with Crippen LogP contribution in [0.25, 0.3) is 0 Å². The van der Waals surface area contributed by atoms with Gasteiger partial charge in [0.2, 0.25) is 5.78 Å². The monoisotopic (exact) mass is 393 g/mol. The third-order valence-electron chi connectivity index (χ3n) is 4.11. The Labute approximate surface area is 161 Å². The Bertz CT molecular complexity index is 902. The number of methoxy groups -OCH3 is 2. The predicted octanol–water partition coefficient (Wildman–Crippen LogP) is 3.51. The number of halogens is 1. The van der Waals surface area contributed by atoms with Crippen molar-refractivity contribution in [1.82, 2.24) is 4.98 Å². The first kappa shape index (κ1) is 20.5. The van der Waals surface area contributed by atoms with E-state index in [1.165, 1.54) is 33.3 Å². The van der Waals surface area contributed by atoms with Gasteiger partial charge in [-0.1, -0.05) is 11.6 Å².